The topological polar surface area (TPSA) is 68.7 Å². The Bertz CT molecular complexity index is 777. The SMILES string of the molecule is O=C(NCC[C@@H](O)CN1CCC(c2cccc(C(F)(F)F)n2)C1)N1CC2CCCCC2C1. The highest BCUT2D eigenvalue weighted by Gasteiger charge is 2.36. The summed E-state index contributed by atoms with van der Waals surface area (Å²) in [4.78, 5) is 20.2. The minimum Gasteiger partial charge on any atom is -0.392 e. The molecule has 3 unspecified atom stereocenters. The molecule has 4 rings (SSSR count). The van der Waals surface area contributed by atoms with E-state index in [1.165, 1.54) is 31.7 Å². The lowest BCUT2D eigenvalue weighted by molar-refractivity contribution is -0.141. The lowest BCUT2D eigenvalue weighted by Gasteiger charge is -2.22. The minimum atomic E-state index is -4.44. The molecule has 1 saturated carbocycles. The van der Waals surface area contributed by atoms with Gasteiger partial charge in [-0.3, -0.25) is 0 Å². The number of urea groups is 1. The van der Waals surface area contributed by atoms with Crippen molar-refractivity contribution in [2.75, 3.05) is 39.3 Å². The van der Waals surface area contributed by atoms with E-state index in [0.717, 1.165) is 25.6 Å². The predicted molar refractivity (Wildman–Crippen MR) is 114 cm³/mol. The monoisotopic (exact) mass is 454 g/mol. The first-order valence-corrected chi connectivity index (χ1v) is 11.8. The summed E-state index contributed by atoms with van der Waals surface area (Å²) in [6, 6.07) is 4.00. The van der Waals surface area contributed by atoms with Gasteiger partial charge in [0.15, 0.2) is 0 Å². The highest BCUT2D eigenvalue weighted by atomic mass is 19.4. The van der Waals surface area contributed by atoms with E-state index in [-0.39, 0.29) is 11.9 Å². The summed E-state index contributed by atoms with van der Waals surface area (Å²) in [7, 11) is 0. The molecule has 1 aromatic rings. The van der Waals surface area contributed by atoms with E-state index < -0.39 is 18.0 Å². The lowest BCUT2D eigenvalue weighted by Crippen LogP contribution is -2.40. The van der Waals surface area contributed by atoms with E-state index in [9.17, 15) is 23.1 Å². The van der Waals surface area contributed by atoms with Gasteiger partial charge in [-0.05, 0) is 56.2 Å². The first-order valence-electron chi connectivity index (χ1n) is 11.8. The van der Waals surface area contributed by atoms with Crippen molar-refractivity contribution in [2.24, 2.45) is 11.8 Å². The number of amides is 2. The van der Waals surface area contributed by atoms with Crippen LogP contribution in [0, 0.1) is 11.8 Å². The molecule has 0 radical (unpaired) electrons. The van der Waals surface area contributed by atoms with Crippen LogP contribution >= 0.6 is 0 Å². The van der Waals surface area contributed by atoms with Gasteiger partial charge in [-0.1, -0.05) is 18.9 Å². The van der Waals surface area contributed by atoms with Crippen LogP contribution in [-0.4, -0.2) is 71.3 Å². The number of carbonyl (C=O) groups is 1. The Kier molecular flexibility index (Phi) is 7.24. The fourth-order valence-corrected chi connectivity index (χ4v) is 5.50. The number of hydrogen-bond donors (Lipinski definition) is 2. The van der Waals surface area contributed by atoms with Gasteiger partial charge in [-0.25, -0.2) is 9.78 Å². The average molecular weight is 455 g/mol. The highest BCUT2D eigenvalue weighted by Crippen LogP contribution is 2.36. The summed E-state index contributed by atoms with van der Waals surface area (Å²) in [5.74, 6) is 1.23. The van der Waals surface area contributed by atoms with Gasteiger partial charge in [0.2, 0.25) is 0 Å². The lowest BCUT2D eigenvalue weighted by atomic mass is 9.82. The van der Waals surface area contributed by atoms with E-state index in [1.54, 1.807) is 6.07 Å². The van der Waals surface area contributed by atoms with Crippen molar-refractivity contribution < 1.29 is 23.1 Å². The predicted octanol–water partition coefficient (Wildman–Crippen LogP) is 3.47. The van der Waals surface area contributed by atoms with Crippen molar-refractivity contribution in [3.63, 3.8) is 0 Å². The first kappa shape index (κ1) is 23.3. The van der Waals surface area contributed by atoms with E-state index in [1.807, 2.05) is 4.90 Å². The van der Waals surface area contributed by atoms with Crippen LogP contribution < -0.4 is 5.32 Å². The van der Waals surface area contributed by atoms with Crippen molar-refractivity contribution in [1.82, 2.24) is 20.1 Å². The van der Waals surface area contributed by atoms with Crippen LogP contribution in [0.1, 0.15) is 55.8 Å². The molecule has 2 saturated heterocycles. The molecule has 3 heterocycles. The van der Waals surface area contributed by atoms with E-state index in [0.29, 0.717) is 50.1 Å². The number of aromatic nitrogens is 1. The number of aliphatic hydroxyl groups is 1. The number of carbonyl (C=O) groups excluding carboxylic acids is 1. The van der Waals surface area contributed by atoms with Crippen molar-refractivity contribution in [1.29, 1.82) is 0 Å². The smallest absolute Gasteiger partial charge is 0.392 e. The van der Waals surface area contributed by atoms with Crippen molar-refractivity contribution >= 4 is 6.03 Å². The number of nitrogens with zero attached hydrogens (tertiary/aromatic N) is 3. The van der Waals surface area contributed by atoms with Gasteiger partial charge >= 0.3 is 12.2 Å². The van der Waals surface area contributed by atoms with E-state index in [2.05, 4.69) is 15.2 Å². The Balaban J connectivity index is 1.17. The van der Waals surface area contributed by atoms with Crippen molar-refractivity contribution in [3.05, 3.63) is 29.6 Å². The van der Waals surface area contributed by atoms with Crippen molar-refractivity contribution in [3.8, 4) is 0 Å². The summed E-state index contributed by atoms with van der Waals surface area (Å²) in [6.45, 7) is 3.84. The van der Waals surface area contributed by atoms with Crippen LogP contribution in [0.4, 0.5) is 18.0 Å². The second kappa shape index (κ2) is 9.95. The normalized spacial score (nSPS) is 27.4. The zero-order valence-electron chi connectivity index (χ0n) is 18.4. The maximum Gasteiger partial charge on any atom is 0.433 e. The second-order valence-corrected chi connectivity index (χ2v) is 9.57. The third-order valence-corrected chi connectivity index (χ3v) is 7.24. The molecule has 0 spiro atoms. The van der Waals surface area contributed by atoms with Crippen LogP contribution in [0.2, 0.25) is 0 Å². The molecular formula is C23H33F3N4O2. The van der Waals surface area contributed by atoms with E-state index >= 15 is 0 Å². The Morgan fingerprint density at radius 3 is 2.56 bits per heavy atom. The summed E-state index contributed by atoms with van der Waals surface area (Å²) < 4.78 is 38.7. The standard InChI is InChI=1S/C23H33F3N4O2/c24-23(25,26)21-7-3-6-20(28-21)18-9-11-29(12-18)15-19(31)8-10-27-22(32)30-13-16-4-1-2-5-17(16)14-30/h3,6-7,16-19,31H,1-2,4-5,8-15H2,(H,27,32)/t16?,17?,18?,19-/m1/s1. The summed E-state index contributed by atoms with van der Waals surface area (Å²) in [5.41, 5.74) is -0.406. The number of nitrogens with one attached hydrogen (secondary N) is 1. The number of fused-ring (bicyclic) bond motifs is 1. The number of rotatable bonds is 6. The number of pyridine rings is 1. The third-order valence-electron chi connectivity index (χ3n) is 7.24. The maximum absolute atomic E-state index is 12.9. The van der Waals surface area contributed by atoms with Crippen LogP contribution in [0.25, 0.3) is 0 Å². The number of alkyl halides is 3. The molecule has 178 valence electrons. The molecule has 3 fully saturated rings. The average Bonchev–Trinajstić information content (AvgIpc) is 3.40. The van der Waals surface area contributed by atoms with Crippen LogP contribution in [0.15, 0.2) is 18.2 Å². The number of β-amino-alcohol motifs (C(OH)–C–C–N with tert-alkyl or cyclic N) is 1. The Morgan fingerprint density at radius 1 is 1.16 bits per heavy atom. The summed E-state index contributed by atoms with van der Waals surface area (Å²) >= 11 is 0. The number of aliphatic hydroxyl groups excluding tert-OH is 1. The molecule has 9 heteroatoms. The van der Waals surface area contributed by atoms with Gasteiger partial charge in [0, 0.05) is 44.3 Å². The number of hydrogen-bond acceptors (Lipinski definition) is 4. The quantitative estimate of drug-likeness (QED) is 0.691. The number of likely N-dealkylation sites (tertiary alicyclic amines) is 2. The fourth-order valence-electron chi connectivity index (χ4n) is 5.50. The minimum absolute atomic E-state index is 0.0385. The largest absolute Gasteiger partial charge is 0.433 e. The van der Waals surface area contributed by atoms with E-state index in [4.69, 9.17) is 0 Å². The molecule has 2 amide bonds. The molecular weight excluding hydrogens is 421 g/mol. The van der Waals surface area contributed by atoms with Gasteiger partial charge in [0.1, 0.15) is 5.69 Å². The van der Waals surface area contributed by atoms with Gasteiger partial charge < -0.3 is 20.2 Å². The highest BCUT2D eigenvalue weighted by molar-refractivity contribution is 5.74. The van der Waals surface area contributed by atoms with Crippen LogP contribution in [0.5, 0.6) is 0 Å². The van der Waals surface area contributed by atoms with Crippen LogP contribution in [0.3, 0.4) is 0 Å². The molecule has 3 aliphatic rings. The molecule has 32 heavy (non-hydrogen) atoms. The number of halogens is 3. The molecule has 0 bridgehead atoms. The fraction of sp³-hybridized carbons (Fsp3) is 0.739. The Labute approximate surface area is 187 Å². The van der Waals surface area contributed by atoms with Gasteiger partial charge in [-0.2, -0.15) is 13.2 Å². The molecule has 0 aromatic carbocycles. The zero-order chi connectivity index (χ0) is 22.7. The molecule has 2 N–H and O–H groups in total. The molecule has 6 nitrogen and oxygen atoms in total. The van der Waals surface area contributed by atoms with Gasteiger partial charge in [0.25, 0.3) is 0 Å². The molecule has 2 aliphatic heterocycles. The Hall–Kier alpha value is -1.87. The first-order chi connectivity index (χ1) is 15.3. The zero-order valence-corrected chi connectivity index (χ0v) is 18.4. The third kappa shape index (κ3) is 5.73. The summed E-state index contributed by atoms with van der Waals surface area (Å²) in [5, 5.41) is 13.3. The maximum atomic E-state index is 12.9. The van der Waals surface area contributed by atoms with Crippen molar-refractivity contribution in [2.45, 2.75) is 56.7 Å². The van der Waals surface area contributed by atoms with Gasteiger partial charge in [-0.15, -0.1) is 0 Å². The van der Waals surface area contributed by atoms with Gasteiger partial charge in [0.05, 0.1) is 6.10 Å². The molecule has 4 atom stereocenters. The summed E-state index contributed by atoms with van der Waals surface area (Å²) in [6.07, 6.45) is 1.12. The second-order valence-electron chi connectivity index (χ2n) is 9.57. The van der Waals surface area contributed by atoms with Crippen LogP contribution in [-0.2, 0) is 6.18 Å². The Morgan fingerprint density at radius 2 is 1.88 bits per heavy atom. The molecule has 1 aromatic heterocycles. The molecule has 1 aliphatic carbocycles.